The van der Waals surface area contributed by atoms with Crippen LogP contribution in [0.2, 0.25) is 0 Å². The van der Waals surface area contributed by atoms with Crippen molar-refractivity contribution in [1.82, 2.24) is 43.8 Å². The van der Waals surface area contributed by atoms with Crippen LogP contribution in [0.25, 0.3) is 28.4 Å². The summed E-state index contributed by atoms with van der Waals surface area (Å²) in [5, 5.41) is 11.6. The van der Waals surface area contributed by atoms with Crippen LogP contribution in [0.1, 0.15) is 23.3 Å². The summed E-state index contributed by atoms with van der Waals surface area (Å²) in [5.74, 6) is 0.737. The minimum atomic E-state index is -0.272. The first-order valence-corrected chi connectivity index (χ1v) is 10.5. The zero-order valence-electron chi connectivity index (χ0n) is 17.7. The average molecular weight is 448 g/mol. The highest BCUT2D eigenvalue weighted by molar-refractivity contribution is 5.92. The molecule has 5 aromatic heterocycles. The number of hydrogen-bond acceptors (Lipinski definition) is 8. The number of imidazole rings is 1. The fourth-order valence-electron chi connectivity index (χ4n) is 3.80. The maximum absolute atomic E-state index is 13.0. The van der Waals surface area contributed by atoms with Gasteiger partial charge in [-0.1, -0.05) is 0 Å². The molecule has 5 aromatic rings. The molecular weight excluding hydrogens is 428 g/mol. The Bertz CT molecular complexity index is 1570. The van der Waals surface area contributed by atoms with Crippen molar-refractivity contribution >= 4 is 28.7 Å². The monoisotopic (exact) mass is 448 g/mol. The van der Waals surface area contributed by atoms with E-state index in [0.29, 0.717) is 40.6 Å². The van der Waals surface area contributed by atoms with E-state index < -0.39 is 0 Å². The predicted octanol–water partition coefficient (Wildman–Crippen LogP) is 0.409. The Balaban J connectivity index is 1.35. The van der Waals surface area contributed by atoms with Crippen molar-refractivity contribution in [2.45, 2.75) is 32.0 Å². The maximum atomic E-state index is 13.0. The van der Waals surface area contributed by atoms with E-state index in [0.717, 1.165) is 12.8 Å². The molecule has 33 heavy (non-hydrogen) atoms. The first-order chi connectivity index (χ1) is 16.0. The van der Waals surface area contributed by atoms with Crippen molar-refractivity contribution in [2.75, 3.05) is 5.73 Å². The maximum Gasteiger partial charge on any atom is 0.330 e. The lowest BCUT2D eigenvalue weighted by atomic mass is 10.4. The minimum absolute atomic E-state index is 0.0975. The van der Waals surface area contributed by atoms with Gasteiger partial charge in [-0.25, -0.2) is 9.78 Å². The third-order valence-electron chi connectivity index (χ3n) is 5.66. The van der Waals surface area contributed by atoms with Crippen LogP contribution in [-0.2, 0) is 20.1 Å². The molecule has 3 N–H and O–H groups in total. The molecule has 6 rings (SSSR count). The van der Waals surface area contributed by atoms with Gasteiger partial charge in [-0.15, -0.1) is 5.10 Å². The number of nitrogen functional groups attached to an aromatic ring is 1. The zero-order valence-corrected chi connectivity index (χ0v) is 17.7. The van der Waals surface area contributed by atoms with E-state index in [-0.39, 0.29) is 30.1 Å². The molecule has 5 heterocycles. The number of aromatic nitrogens is 8. The molecule has 13 nitrogen and oxygen atoms in total. The molecule has 13 heteroatoms. The Morgan fingerprint density at radius 1 is 1.21 bits per heavy atom. The van der Waals surface area contributed by atoms with E-state index in [1.807, 2.05) is 0 Å². The van der Waals surface area contributed by atoms with Gasteiger partial charge < -0.3 is 15.5 Å². The van der Waals surface area contributed by atoms with Crippen molar-refractivity contribution in [1.29, 1.82) is 0 Å². The minimum Gasteiger partial charge on any atom is -0.461 e. The number of anilines is 1. The molecule has 168 valence electrons. The molecule has 1 amide bonds. The fraction of sp³-hybridized carbons (Fsp3) is 0.300. The Kier molecular flexibility index (Phi) is 4.12. The second-order valence-corrected chi connectivity index (χ2v) is 8.00. The standard InChI is InChI=1S/C20H20N10O3/c1-27-14-16(24-19(21)30-17(14)23-15(26-30)13-3-2-10-33-13)29(20(27)32)9-8-28-7-6-12(25-28)18(31)22-11-4-5-11/h2-3,6-7,10-11H,4-5,8-9H2,1H3,(H2,21,24)(H,22,31). The van der Waals surface area contributed by atoms with Gasteiger partial charge in [0.25, 0.3) is 5.91 Å². The lowest BCUT2D eigenvalue weighted by molar-refractivity contribution is 0.0945. The molecule has 0 spiro atoms. The topological polar surface area (TPSA) is 156 Å². The molecular formula is C20H20N10O3. The predicted molar refractivity (Wildman–Crippen MR) is 116 cm³/mol. The van der Waals surface area contributed by atoms with Gasteiger partial charge in [0.05, 0.1) is 12.8 Å². The highest BCUT2D eigenvalue weighted by atomic mass is 16.3. The van der Waals surface area contributed by atoms with Crippen LogP contribution in [0.15, 0.2) is 39.9 Å². The van der Waals surface area contributed by atoms with E-state index in [1.165, 1.54) is 19.9 Å². The van der Waals surface area contributed by atoms with Gasteiger partial charge in [0.1, 0.15) is 11.2 Å². The summed E-state index contributed by atoms with van der Waals surface area (Å²) < 4.78 is 11.4. The zero-order chi connectivity index (χ0) is 22.7. The van der Waals surface area contributed by atoms with E-state index in [4.69, 9.17) is 10.2 Å². The van der Waals surface area contributed by atoms with Crippen molar-refractivity contribution in [3.05, 3.63) is 46.8 Å². The van der Waals surface area contributed by atoms with Crippen molar-refractivity contribution < 1.29 is 9.21 Å². The van der Waals surface area contributed by atoms with E-state index in [1.54, 1.807) is 36.1 Å². The Labute approximate surface area is 185 Å². The molecule has 0 bridgehead atoms. The molecule has 0 atom stereocenters. The van der Waals surface area contributed by atoms with Crippen LogP contribution in [0, 0.1) is 0 Å². The number of nitrogens with zero attached hydrogens (tertiary/aromatic N) is 8. The number of nitrogens with two attached hydrogens (primary N) is 1. The summed E-state index contributed by atoms with van der Waals surface area (Å²) in [6, 6.07) is 5.40. The lowest BCUT2D eigenvalue weighted by Gasteiger charge is -2.05. The van der Waals surface area contributed by atoms with Gasteiger partial charge in [-0.05, 0) is 31.0 Å². The third kappa shape index (κ3) is 3.16. The normalized spacial score (nSPS) is 13.8. The first kappa shape index (κ1) is 19.3. The summed E-state index contributed by atoms with van der Waals surface area (Å²) in [5.41, 5.74) is 7.52. The fourth-order valence-corrected chi connectivity index (χ4v) is 3.80. The highest BCUT2D eigenvalue weighted by Crippen LogP contribution is 2.23. The van der Waals surface area contributed by atoms with E-state index >= 15 is 0 Å². The molecule has 0 unspecified atom stereocenters. The Hall–Kier alpha value is -4.42. The highest BCUT2D eigenvalue weighted by Gasteiger charge is 2.25. The van der Waals surface area contributed by atoms with Crippen molar-refractivity contribution in [3.63, 3.8) is 0 Å². The molecule has 1 saturated carbocycles. The van der Waals surface area contributed by atoms with Crippen molar-refractivity contribution in [2.24, 2.45) is 7.05 Å². The SMILES string of the molecule is Cn1c(=O)n(CCn2ccc(C(=O)NC3CC3)n2)c2nc(N)n3nc(-c4ccco4)nc3c21. The lowest BCUT2D eigenvalue weighted by Crippen LogP contribution is -2.26. The summed E-state index contributed by atoms with van der Waals surface area (Å²) in [7, 11) is 1.65. The first-order valence-electron chi connectivity index (χ1n) is 10.5. The van der Waals surface area contributed by atoms with Crippen LogP contribution in [0.5, 0.6) is 0 Å². The van der Waals surface area contributed by atoms with E-state index in [9.17, 15) is 9.59 Å². The molecule has 0 saturated heterocycles. The second kappa shape index (κ2) is 7.05. The number of fused-ring (bicyclic) bond motifs is 3. The van der Waals surface area contributed by atoms with Crippen LogP contribution >= 0.6 is 0 Å². The smallest absolute Gasteiger partial charge is 0.330 e. The molecule has 0 aromatic carbocycles. The number of nitrogens with one attached hydrogen (secondary N) is 1. The second-order valence-electron chi connectivity index (χ2n) is 8.00. The van der Waals surface area contributed by atoms with Gasteiger partial charge in [0.15, 0.2) is 17.1 Å². The number of carbonyl (C=O) groups is 1. The van der Waals surface area contributed by atoms with Crippen molar-refractivity contribution in [3.8, 4) is 11.6 Å². The van der Waals surface area contributed by atoms with Gasteiger partial charge in [0.2, 0.25) is 11.8 Å². The van der Waals surface area contributed by atoms with Crippen LogP contribution in [0.4, 0.5) is 5.95 Å². The van der Waals surface area contributed by atoms with Crippen LogP contribution in [-0.4, -0.2) is 50.4 Å². The Morgan fingerprint density at radius 3 is 2.82 bits per heavy atom. The van der Waals surface area contributed by atoms with Gasteiger partial charge >= 0.3 is 5.69 Å². The third-order valence-corrected chi connectivity index (χ3v) is 5.66. The molecule has 0 aliphatic heterocycles. The number of hydrogen-bond donors (Lipinski definition) is 2. The number of rotatable bonds is 6. The number of furan rings is 1. The van der Waals surface area contributed by atoms with Gasteiger partial charge in [-0.3, -0.25) is 18.6 Å². The largest absolute Gasteiger partial charge is 0.461 e. The molecule has 1 aliphatic rings. The number of carbonyl (C=O) groups excluding carboxylic acids is 1. The van der Waals surface area contributed by atoms with Crippen LogP contribution in [0.3, 0.4) is 0 Å². The molecule has 1 aliphatic carbocycles. The summed E-state index contributed by atoms with van der Waals surface area (Å²) >= 11 is 0. The summed E-state index contributed by atoms with van der Waals surface area (Å²) in [4.78, 5) is 34.1. The van der Waals surface area contributed by atoms with Crippen LogP contribution < -0.4 is 16.7 Å². The average Bonchev–Trinajstić information content (AvgIpc) is 3.24. The molecule has 0 radical (unpaired) electrons. The van der Waals surface area contributed by atoms with Gasteiger partial charge in [-0.2, -0.15) is 14.6 Å². The van der Waals surface area contributed by atoms with Gasteiger partial charge in [0, 0.05) is 25.8 Å². The Morgan fingerprint density at radius 2 is 2.06 bits per heavy atom. The summed E-state index contributed by atoms with van der Waals surface area (Å²) in [6.45, 7) is 0.649. The quantitative estimate of drug-likeness (QED) is 0.378. The van der Waals surface area contributed by atoms with E-state index in [2.05, 4.69) is 25.5 Å². The number of amides is 1. The molecule has 1 fully saturated rings. The number of aryl methyl sites for hydroxylation is 3. The summed E-state index contributed by atoms with van der Waals surface area (Å²) in [6.07, 6.45) is 5.26.